The molecular formula is C15H24ClNO4. The van der Waals surface area contributed by atoms with Crippen LogP contribution in [0.2, 0.25) is 0 Å². The Bertz CT molecular complexity index is 438. The zero-order valence-electron chi connectivity index (χ0n) is 12.4. The van der Waals surface area contributed by atoms with Gasteiger partial charge in [0.05, 0.1) is 31.9 Å². The molecule has 1 aromatic rings. The summed E-state index contributed by atoms with van der Waals surface area (Å²) in [6.07, 6.45) is 3.64. The summed E-state index contributed by atoms with van der Waals surface area (Å²) in [6, 6.07) is 2.38. The van der Waals surface area contributed by atoms with Gasteiger partial charge in [-0.2, -0.15) is 0 Å². The van der Waals surface area contributed by atoms with Gasteiger partial charge in [0.1, 0.15) is 17.2 Å². The second kappa shape index (κ2) is 7.73. The number of phenols is 1. The first-order valence-corrected chi connectivity index (χ1v) is 6.97. The van der Waals surface area contributed by atoms with Gasteiger partial charge < -0.3 is 25.4 Å². The van der Waals surface area contributed by atoms with Crippen LogP contribution in [-0.2, 0) is 0 Å². The molecule has 1 aliphatic rings. The Morgan fingerprint density at radius 3 is 2.05 bits per heavy atom. The number of aromatic hydroxyl groups is 1. The highest BCUT2D eigenvalue weighted by molar-refractivity contribution is 5.85. The van der Waals surface area contributed by atoms with Gasteiger partial charge in [-0.15, -0.1) is 12.4 Å². The summed E-state index contributed by atoms with van der Waals surface area (Å²) in [5.74, 6) is 1.14. The summed E-state index contributed by atoms with van der Waals surface area (Å²) >= 11 is 0. The maximum atomic E-state index is 10.5. The van der Waals surface area contributed by atoms with E-state index in [9.17, 15) is 10.2 Å². The van der Waals surface area contributed by atoms with Crippen LogP contribution in [0.25, 0.3) is 0 Å². The number of phenolic OH excluding ortho intramolecular Hbond substituents is 1. The van der Waals surface area contributed by atoms with Crippen molar-refractivity contribution in [2.45, 2.75) is 37.8 Å². The average molecular weight is 318 g/mol. The summed E-state index contributed by atoms with van der Waals surface area (Å²) in [5, 5.41) is 20.1. The zero-order valence-corrected chi connectivity index (χ0v) is 13.2. The number of methoxy groups -OCH3 is 2. The molecule has 0 aliphatic heterocycles. The van der Waals surface area contributed by atoms with E-state index < -0.39 is 12.1 Å². The number of benzene rings is 1. The lowest BCUT2D eigenvalue weighted by atomic mass is 9.90. The molecule has 6 heteroatoms. The Kier molecular flexibility index (Phi) is 6.58. The largest absolute Gasteiger partial charge is 0.508 e. The SMILES string of the molecule is COc1cc(O)cc(OC)c1[C@@H](N)[C@@H](O)C1CCCC1.Cl. The molecule has 0 unspecified atom stereocenters. The van der Waals surface area contributed by atoms with E-state index in [2.05, 4.69) is 0 Å². The molecule has 2 rings (SSSR count). The van der Waals surface area contributed by atoms with Crippen LogP contribution < -0.4 is 15.2 Å². The van der Waals surface area contributed by atoms with Crippen molar-refractivity contribution in [3.8, 4) is 17.2 Å². The van der Waals surface area contributed by atoms with Gasteiger partial charge in [0.25, 0.3) is 0 Å². The number of hydrogen-bond donors (Lipinski definition) is 3. The van der Waals surface area contributed by atoms with E-state index in [1.165, 1.54) is 26.4 Å². The van der Waals surface area contributed by atoms with Gasteiger partial charge in [0.2, 0.25) is 0 Å². The van der Waals surface area contributed by atoms with Crippen molar-refractivity contribution in [3.05, 3.63) is 17.7 Å². The number of aliphatic hydroxyl groups is 1. The molecule has 120 valence electrons. The third-order valence-corrected chi connectivity index (χ3v) is 4.11. The lowest BCUT2D eigenvalue weighted by molar-refractivity contribution is 0.0826. The predicted molar refractivity (Wildman–Crippen MR) is 83.4 cm³/mol. The fraction of sp³-hybridized carbons (Fsp3) is 0.600. The quantitative estimate of drug-likeness (QED) is 0.776. The van der Waals surface area contributed by atoms with Crippen molar-refractivity contribution in [2.24, 2.45) is 11.7 Å². The van der Waals surface area contributed by atoms with Gasteiger partial charge in [-0.1, -0.05) is 12.8 Å². The van der Waals surface area contributed by atoms with Crippen molar-refractivity contribution in [1.29, 1.82) is 0 Å². The number of aliphatic hydroxyl groups excluding tert-OH is 1. The van der Waals surface area contributed by atoms with E-state index >= 15 is 0 Å². The first-order chi connectivity index (χ1) is 9.58. The van der Waals surface area contributed by atoms with Crippen molar-refractivity contribution in [3.63, 3.8) is 0 Å². The lowest BCUT2D eigenvalue weighted by Crippen LogP contribution is -2.32. The molecule has 0 bridgehead atoms. The zero-order chi connectivity index (χ0) is 14.7. The summed E-state index contributed by atoms with van der Waals surface area (Å²) in [7, 11) is 3.01. The first-order valence-electron chi connectivity index (χ1n) is 6.97. The van der Waals surface area contributed by atoms with Crippen LogP contribution in [0.5, 0.6) is 17.2 Å². The summed E-state index contributed by atoms with van der Waals surface area (Å²) in [6.45, 7) is 0. The molecule has 0 amide bonds. The summed E-state index contributed by atoms with van der Waals surface area (Å²) in [4.78, 5) is 0. The Balaban J connectivity index is 0.00000220. The van der Waals surface area contributed by atoms with Crippen LogP contribution in [-0.4, -0.2) is 30.5 Å². The second-order valence-electron chi connectivity index (χ2n) is 5.32. The van der Waals surface area contributed by atoms with Gasteiger partial charge >= 0.3 is 0 Å². The average Bonchev–Trinajstić information content (AvgIpc) is 2.98. The Morgan fingerprint density at radius 1 is 1.14 bits per heavy atom. The molecule has 1 aromatic carbocycles. The minimum Gasteiger partial charge on any atom is -0.508 e. The van der Waals surface area contributed by atoms with Crippen LogP contribution in [0, 0.1) is 5.92 Å². The van der Waals surface area contributed by atoms with Crippen molar-refractivity contribution >= 4 is 12.4 Å². The number of rotatable bonds is 5. The van der Waals surface area contributed by atoms with Gasteiger partial charge in [-0.25, -0.2) is 0 Å². The monoisotopic (exact) mass is 317 g/mol. The number of hydrogen-bond acceptors (Lipinski definition) is 5. The molecule has 1 aliphatic carbocycles. The first kappa shape index (κ1) is 17.9. The maximum absolute atomic E-state index is 10.5. The molecule has 1 fully saturated rings. The fourth-order valence-electron chi connectivity index (χ4n) is 3.02. The third kappa shape index (κ3) is 3.73. The minimum atomic E-state index is -0.634. The molecule has 21 heavy (non-hydrogen) atoms. The molecule has 2 atom stereocenters. The third-order valence-electron chi connectivity index (χ3n) is 4.11. The van der Waals surface area contributed by atoms with E-state index in [0.717, 1.165) is 25.7 Å². The van der Waals surface area contributed by atoms with Crippen LogP contribution >= 0.6 is 12.4 Å². The topological polar surface area (TPSA) is 84.9 Å². The summed E-state index contributed by atoms with van der Waals surface area (Å²) < 4.78 is 10.5. The highest BCUT2D eigenvalue weighted by Crippen LogP contribution is 2.41. The minimum absolute atomic E-state index is 0. The Morgan fingerprint density at radius 2 is 1.62 bits per heavy atom. The van der Waals surface area contributed by atoms with E-state index in [4.69, 9.17) is 15.2 Å². The van der Waals surface area contributed by atoms with Gasteiger partial charge in [-0.3, -0.25) is 0 Å². The molecule has 4 N–H and O–H groups in total. The number of halogens is 1. The van der Waals surface area contributed by atoms with E-state index in [0.29, 0.717) is 17.1 Å². The molecule has 0 heterocycles. The second-order valence-corrected chi connectivity index (χ2v) is 5.32. The van der Waals surface area contributed by atoms with Gasteiger partial charge in [0.15, 0.2) is 0 Å². The normalized spacial score (nSPS) is 17.9. The predicted octanol–water partition coefficient (Wildman–Crippen LogP) is 2.38. The smallest absolute Gasteiger partial charge is 0.131 e. The van der Waals surface area contributed by atoms with Crippen LogP contribution in [0.3, 0.4) is 0 Å². The molecule has 1 saturated carbocycles. The Hall–Kier alpha value is -1.17. The molecule has 5 nitrogen and oxygen atoms in total. The molecule has 0 saturated heterocycles. The van der Waals surface area contributed by atoms with Crippen molar-refractivity contribution in [1.82, 2.24) is 0 Å². The van der Waals surface area contributed by atoms with E-state index in [1.807, 2.05) is 0 Å². The van der Waals surface area contributed by atoms with Gasteiger partial charge in [-0.05, 0) is 18.8 Å². The van der Waals surface area contributed by atoms with E-state index in [1.54, 1.807) is 0 Å². The maximum Gasteiger partial charge on any atom is 0.131 e. The fourth-order valence-corrected chi connectivity index (χ4v) is 3.02. The number of ether oxygens (including phenoxy) is 2. The Labute approximate surface area is 131 Å². The molecular weight excluding hydrogens is 294 g/mol. The lowest BCUT2D eigenvalue weighted by Gasteiger charge is -2.27. The molecule has 0 radical (unpaired) electrons. The van der Waals surface area contributed by atoms with Crippen LogP contribution in [0.15, 0.2) is 12.1 Å². The molecule has 0 aromatic heterocycles. The van der Waals surface area contributed by atoms with Crippen molar-refractivity contribution < 1.29 is 19.7 Å². The van der Waals surface area contributed by atoms with Gasteiger partial charge in [0, 0.05) is 12.1 Å². The van der Waals surface area contributed by atoms with E-state index in [-0.39, 0.29) is 24.1 Å². The molecule has 0 spiro atoms. The van der Waals surface area contributed by atoms with Crippen LogP contribution in [0.1, 0.15) is 37.3 Å². The highest BCUT2D eigenvalue weighted by atomic mass is 35.5. The highest BCUT2D eigenvalue weighted by Gasteiger charge is 2.32. The van der Waals surface area contributed by atoms with Crippen LogP contribution in [0.4, 0.5) is 0 Å². The number of nitrogens with two attached hydrogens (primary N) is 1. The standard InChI is InChI=1S/C15H23NO4.ClH/c1-19-11-7-10(17)8-12(20-2)13(11)14(16)15(18)9-5-3-4-6-9;/h7-9,14-15,17-18H,3-6,16H2,1-2H3;1H/t14-,15+;/m1./s1. The summed E-state index contributed by atoms with van der Waals surface area (Å²) in [5.41, 5.74) is 6.83. The van der Waals surface area contributed by atoms with Crippen molar-refractivity contribution in [2.75, 3.05) is 14.2 Å².